The Morgan fingerprint density at radius 1 is 1.21 bits per heavy atom. The minimum Gasteiger partial charge on any atom is -0.396 e. The summed E-state index contributed by atoms with van der Waals surface area (Å²) < 4.78 is 25.7. The van der Waals surface area contributed by atoms with Crippen LogP contribution in [0.4, 0.5) is 9.80 Å². The van der Waals surface area contributed by atoms with Gasteiger partial charge in [-0.1, -0.05) is 24.3 Å². The topological polar surface area (TPSA) is 127 Å². The van der Waals surface area contributed by atoms with Gasteiger partial charge in [0.15, 0.2) is 5.60 Å². The van der Waals surface area contributed by atoms with Crippen LogP contribution in [-0.2, 0) is 28.1 Å². The lowest BCUT2D eigenvalue weighted by Gasteiger charge is -2.30. The summed E-state index contributed by atoms with van der Waals surface area (Å²) in [4.78, 5) is 26.7. The van der Waals surface area contributed by atoms with Crippen molar-refractivity contribution in [1.29, 1.82) is 0 Å². The molecule has 39 heavy (non-hydrogen) atoms. The van der Waals surface area contributed by atoms with Gasteiger partial charge in [-0.3, -0.25) is 19.4 Å². The van der Waals surface area contributed by atoms with Gasteiger partial charge >= 0.3 is 0 Å². The van der Waals surface area contributed by atoms with Crippen molar-refractivity contribution in [3.63, 3.8) is 0 Å². The van der Waals surface area contributed by atoms with Gasteiger partial charge in [0, 0.05) is 48.5 Å². The minimum absolute atomic E-state index is 0.0185. The van der Waals surface area contributed by atoms with Gasteiger partial charge in [0.05, 0.1) is 28.4 Å². The van der Waals surface area contributed by atoms with Gasteiger partial charge in [-0.2, -0.15) is 0 Å². The van der Waals surface area contributed by atoms with Crippen molar-refractivity contribution >= 4 is 30.9 Å². The van der Waals surface area contributed by atoms with Gasteiger partial charge in [-0.25, -0.2) is 4.68 Å². The summed E-state index contributed by atoms with van der Waals surface area (Å²) in [5, 5.41) is 24.0. The number of rotatable bonds is 7. The maximum Gasteiger partial charge on any atom is 0.279 e. The first-order valence-corrected chi connectivity index (χ1v) is 16.1. The second kappa shape index (κ2) is 9.25. The number of ether oxygens (including phenoxy) is 1. The third-order valence-corrected chi connectivity index (χ3v) is 10.6. The first kappa shape index (κ1) is 25.7. The number of carbonyl (C=O) groups excluding carboxylic acids is 1. The van der Waals surface area contributed by atoms with Crippen LogP contribution in [0.15, 0.2) is 53.5 Å². The number of amides is 1. The molecule has 204 valence electrons. The molecule has 0 unspecified atom stereocenters. The van der Waals surface area contributed by atoms with Gasteiger partial charge < -0.3 is 19.3 Å². The van der Waals surface area contributed by atoms with Crippen molar-refractivity contribution in [1.82, 2.24) is 24.8 Å². The molecule has 4 heterocycles. The summed E-state index contributed by atoms with van der Waals surface area (Å²) in [5.74, 6) is -0.756. The highest BCUT2D eigenvalue weighted by molar-refractivity contribution is 6.72. The van der Waals surface area contributed by atoms with Gasteiger partial charge in [-0.05, 0) is 49.8 Å². The van der Waals surface area contributed by atoms with Crippen LogP contribution in [0.25, 0.3) is 16.6 Å². The van der Waals surface area contributed by atoms with Gasteiger partial charge in [0.1, 0.15) is 0 Å². The predicted octanol–water partition coefficient (Wildman–Crippen LogP) is 3.26. The summed E-state index contributed by atoms with van der Waals surface area (Å²) in [6.07, 6.45) is 2.10. The smallest absolute Gasteiger partial charge is 0.279 e. The molecule has 1 spiro atoms. The molecule has 3 N–H and O–H groups in total. The average Bonchev–Trinajstić information content (AvgIpc) is 3.63. The normalized spacial score (nSPS) is 24.5. The van der Waals surface area contributed by atoms with Gasteiger partial charge in [0.2, 0.25) is 8.41 Å². The van der Waals surface area contributed by atoms with E-state index in [4.69, 9.17) is 9.84 Å². The molecule has 2 aliphatic rings. The molecule has 1 saturated heterocycles. The van der Waals surface area contributed by atoms with Crippen molar-refractivity contribution in [2.45, 2.75) is 56.7 Å². The fourth-order valence-electron chi connectivity index (χ4n) is 6.44. The van der Waals surface area contributed by atoms with Crippen LogP contribution in [0.2, 0.25) is 18.6 Å². The number of aliphatic hydroxyl groups excluding tert-OH is 1. The fraction of sp³-hybridized carbons (Fsp3) is 0.407. The van der Waals surface area contributed by atoms with E-state index < -0.39 is 31.6 Å². The molecule has 0 radical (unpaired) electrons. The van der Waals surface area contributed by atoms with Crippen LogP contribution in [0, 0.1) is 5.92 Å². The Morgan fingerprint density at radius 3 is 2.74 bits per heavy atom. The SMILES string of the molecule is C[C@H]1[C@H]([Si](C)(C)F)[C@@H](CCn2cc(CCO)nn2)O[C@]12C(=O)Nc1ccc(-n3[nH]c4ccccc4c3=O)cc12. The number of aryl methyl sites for hydroxylation is 1. The Balaban J connectivity index is 1.38. The number of carbonyl (C=O) groups is 1. The van der Waals surface area contributed by atoms with Crippen LogP contribution in [0.3, 0.4) is 0 Å². The average molecular weight is 551 g/mol. The molecule has 0 bridgehead atoms. The largest absolute Gasteiger partial charge is 0.396 e. The number of hydrogen-bond acceptors (Lipinski definition) is 6. The number of hydrogen-bond donors (Lipinski definition) is 3. The van der Waals surface area contributed by atoms with E-state index in [1.807, 2.05) is 25.1 Å². The van der Waals surface area contributed by atoms with E-state index >= 15 is 4.11 Å². The number of para-hydroxylation sites is 1. The molecule has 2 aromatic carbocycles. The van der Waals surface area contributed by atoms with Crippen molar-refractivity contribution in [2.24, 2.45) is 5.92 Å². The van der Waals surface area contributed by atoms with Crippen molar-refractivity contribution in [3.8, 4) is 5.69 Å². The number of aliphatic hydroxyl groups is 1. The highest BCUT2D eigenvalue weighted by Gasteiger charge is 2.65. The van der Waals surface area contributed by atoms with Crippen LogP contribution in [-0.4, -0.2) is 56.9 Å². The molecular weight excluding hydrogens is 519 g/mol. The van der Waals surface area contributed by atoms with Gasteiger partial charge in [0.25, 0.3) is 11.5 Å². The van der Waals surface area contributed by atoms with E-state index in [-0.39, 0.29) is 18.1 Å². The first-order chi connectivity index (χ1) is 18.6. The Hall–Kier alpha value is -3.61. The number of anilines is 1. The van der Waals surface area contributed by atoms with E-state index in [0.29, 0.717) is 52.9 Å². The molecular formula is C27H31FN6O4Si. The molecule has 1 amide bonds. The van der Waals surface area contributed by atoms with Crippen molar-refractivity contribution < 1.29 is 18.7 Å². The minimum atomic E-state index is -3.29. The number of halogens is 1. The summed E-state index contributed by atoms with van der Waals surface area (Å²) in [7, 11) is -3.29. The Morgan fingerprint density at radius 2 is 2.00 bits per heavy atom. The van der Waals surface area contributed by atoms with Crippen molar-refractivity contribution in [2.75, 3.05) is 11.9 Å². The maximum absolute atomic E-state index is 15.9. The zero-order valence-electron chi connectivity index (χ0n) is 22.0. The molecule has 2 aromatic heterocycles. The number of benzene rings is 2. The zero-order chi connectivity index (χ0) is 27.5. The maximum atomic E-state index is 15.9. The first-order valence-electron chi connectivity index (χ1n) is 13.2. The summed E-state index contributed by atoms with van der Waals surface area (Å²) in [5.41, 5.74) is 1.14. The second-order valence-corrected chi connectivity index (χ2v) is 14.8. The number of fused-ring (bicyclic) bond motifs is 3. The Labute approximate surface area is 224 Å². The molecule has 4 atom stereocenters. The summed E-state index contributed by atoms with van der Waals surface area (Å²) in [6.45, 7) is 5.63. The third kappa shape index (κ3) is 4.05. The summed E-state index contributed by atoms with van der Waals surface area (Å²) in [6, 6.07) is 12.6. The molecule has 2 aliphatic heterocycles. The number of aromatic nitrogens is 5. The van der Waals surface area contributed by atoms with Crippen LogP contribution >= 0.6 is 0 Å². The van der Waals surface area contributed by atoms with Crippen LogP contribution in [0.5, 0.6) is 0 Å². The number of nitrogens with zero attached hydrogens (tertiary/aromatic N) is 4. The standard InChI is InChI=1S/C27H31FN6O4Si/c1-16-24(39(2,3)28)23(10-12-33-15-17(11-13-35)30-32-33)38-27(16)20-14-18(8-9-22(20)29-26(27)37)34-25(36)19-6-4-5-7-21(19)31-34/h4-9,14-16,23-24,31,35H,10-13H2,1-3H3,(H,29,37)/t16-,23+,24-,27+/m0/s1. The quantitative estimate of drug-likeness (QED) is 0.240. The molecule has 12 heteroatoms. The highest BCUT2D eigenvalue weighted by Crippen LogP contribution is 2.59. The Kier molecular flexibility index (Phi) is 6.08. The van der Waals surface area contributed by atoms with Gasteiger partial charge in [-0.15, -0.1) is 5.10 Å². The zero-order valence-corrected chi connectivity index (χ0v) is 23.0. The van der Waals surface area contributed by atoms with E-state index in [1.165, 1.54) is 4.68 Å². The van der Waals surface area contributed by atoms with E-state index in [1.54, 1.807) is 48.2 Å². The van der Waals surface area contributed by atoms with Crippen LogP contribution in [0.1, 0.15) is 24.6 Å². The Bertz CT molecular complexity index is 1620. The lowest BCUT2D eigenvalue weighted by atomic mass is 9.82. The molecule has 10 nitrogen and oxygen atoms in total. The molecule has 0 saturated carbocycles. The van der Waals surface area contributed by atoms with Crippen molar-refractivity contribution in [3.05, 3.63) is 70.3 Å². The second-order valence-electron chi connectivity index (χ2n) is 11.0. The lowest BCUT2D eigenvalue weighted by molar-refractivity contribution is -0.143. The molecule has 6 rings (SSSR count). The summed E-state index contributed by atoms with van der Waals surface area (Å²) >= 11 is 0. The van der Waals surface area contributed by atoms with Crippen LogP contribution < -0.4 is 10.9 Å². The highest BCUT2D eigenvalue weighted by atomic mass is 28.4. The van der Waals surface area contributed by atoms with E-state index in [9.17, 15) is 9.59 Å². The third-order valence-electron chi connectivity index (χ3n) is 8.15. The van der Waals surface area contributed by atoms with E-state index in [2.05, 4.69) is 20.7 Å². The lowest BCUT2D eigenvalue weighted by Crippen LogP contribution is -2.42. The molecule has 4 aromatic rings. The number of aromatic amines is 1. The number of nitrogens with one attached hydrogen (secondary N) is 2. The molecule has 0 aliphatic carbocycles. The molecule has 1 fully saturated rings. The predicted molar refractivity (Wildman–Crippen MR) is 146 cm³/mol. The number of H-pyrrole nitrogens is 1. The monoisotopic (exact) mass is 550 g/mol. The fourth-order valence-corrected chi connectivity index (χ4v) is 8.98. The van der Waals surface area contributed by atoms with E-state index in [0.717, 1.165) is 0 Å².